The minimum atomic E-state index is 0.227. The quantitative estimate of drug-likeness (QED) is 0.660. The number of rotatable bonds is 2. The first kappa shape index (κ1) is 8.05. The Morgan fingerprint density at radius 3 is 3.00 bits per heavy atom. The van der Waals surface area contributed by atoms with Gasteiger partial charge in [0.1, 0.15) is 0 Å². The molecule has 2 aliphatic rings. The van der Waals surface area contributed by atoms with E-state index in [1.807, 2.05) is 0 Å². The maximum Gasteiger partial charge on any atom is 0.223 e. The molecule has 2 saturated heterocycles. The monoisotopic (exact) mass is 169 g/mol. The van der Waals surface area contributed by atoms with Gasteiger partial charge in [0.15, 0.2) is 0 Å². The summed E-state index contributed by atoms with van der Waals surface area (Å²) in [6.45, 7) is 1.75. The highest BCUT2D eigenvalue weighted by Gasteiger charge is 2.28. The van der Waals surface area contributed by atoms with Gasteiger partial charge in [-0.3, -0.25) is 4.79 Å². The Kier molecular flexibility index (Phi) is 2.30. The molecule has 0 spiro atoms. The number of amides is 1. The molecule has 0 aromatic heterocycles. The standard InChI is InChI=1S/C9H15NO2/c11-9-7(3-4-10-9)6-8-2-1-5-12-8/h7-8H,1-6H2,(H,10,11). The predicted molar refractivity (Wildman–Crippen MR) is 44.7 cm³/mol. The Balaban J connectivity index is 1.81. The van der Waals surface area contributed by atoms with Crippen LogP contribution in [0.15, 0.2) is 0 Å². The Hall–Kier alpha value is -0.570. The topological polar surface area (TPSA) is 38.3 Å². The van der Waals surface area contributed by atoms with Gasteiger partial charge in [-0.1, -0.05) is 0 Å². The van der Waals surface area contributed by atoms with E-state index in [1.54, 1.807) is 0 Å². The van der Waals surface area contributed by atoms with E-state index in [1.165, 1.54) is 6.42 Å². The molecule has 3 nitrogen and oxygen atoms in total. The van der Waals surface area contributed by atoms with Gasteiger partial charge >= 0.3 is 0 Å². The average molecular weight is 169 g/mol. The van der Waals surface area contributed by atoms with Crippen LogP contribution in [0.25, 0.3) is 0 Å². The van der Waals surface area contributed by atoms with Crippen LogP contribution in [0.2, 0.25) is 0 Å². The van der Waals surface area contributed by atoms with Crippen molar-refractivity contribution >= 4 is 5.91 Å². The zero-order valence-corrected chi connectivity index (χ0v) is 7.21. The van der Waals surface area contributed by atoms with Gasteiger partial charge in [-0.2, -0.15) is 0 Å². The van der Waals surface area contributed by atoms with Gasteiger partial charge < -0.3 is 10.1 Å². The van der Waals surface area contributed by atoms with E-state index in [0.29, 0.717) is 6.10 Å². The van der Waals surface area contributed by atoms with Gasteiger partial charge in [-0.15, -0.1) is 0 Å². The first-order valence-corrected chi connectivity index (χ1v) is 4.75. The summed E-state index contributed by atoms with van der Waals surface area (Å²) in [7, 11) is 0. The Morgan fingerprint density at radius 2 is 2.42 bits per heavy atom. The summed E-state index contributed by atoms with van der Waals surface area (Å²) in [5.41, 5.74) is 0. The second-order valence-corrected chi connectivity index (χ2v) is 3.65. The van der Waals surface area contributed by atoms with Gasteiger partial charge in [-0.25, -0.2) is 0 Å². The van der Waals surface area contributed by atoms with Crippen LogP contribution in [-0.2, 0) is 9.53 Å². The molecule has 3 heteroatoms. The van der Waals surface area contributed by atoms with Crippen LogP contribution in [0.1, 0.15) is 25.7 Å². The minimum absolute atomic E-state index is 0.227. The fourth-order valence-corrected chi connectivity index (χ4v) is 2.02. The molecule has 2 atom stereocenters. The minimum Gasteiger partial charge on any atom is -0.378 e. The van der Waals surface area contributed by atoms with Crippen molar-refractivity contribution in [3.05, 3.63) is 0 Å². The lowest BCUT2D eigenvalue weighted by atomic mass is 9.99. The Morgan fingerprint density at radius 1 is 1.50 bits per heavy atom. The van der Waals surface area contributed by atoms with E-state index in [-0.39, 0.29) is 11.8 Å². The summed E-state index contributed by atoms with van der Waals surface area (Å²) in [5.74, 6) is 0.457. The highest BCUT2D eigenvalue weighted by molar-refractivity contribution is 5.80. The molecular formula is C9H15NO2. The zero-order valence-electron chi connectivity index (χ0n) is 7.21. The number of carbonyl (C=O) groups is 1. The van der Waals surface area contributed by atoms with Crippen LogP contribution in [0.3, 0.4) is 0 Å². The third-order valence-corrected chi connectivity index (χ3v) is 2.73. The van der Waals surface area contributed by atoms with Crippen molar-refractivity contribution in [3.63, 3.8) is 0 Å². The van der Waals surface area contributed by atoms with Crippen LogP contribution < -0.4 is 5.32 Å². The fourth-order valence-electron chi connectivity index (χ4n) is 2.02. The molecule has 0 radical (unpaired) electrons. The molecule has 2 aliphatic heterocycles. The first-order valence-electron chi connectivity index (χ1n) is 4.75. The van der Waals surface area contributed by atoms with Crippen molar-refractivity contribution in [2.75, 3.05) is 13.2 Å². The van der Waals surface area contributed by atoms with Gasteiger partial charge in [0, 0.05) is 19.1 Å². The molecule has 0 aliphatic carbocycles. The highest BCUT2D eigenvalue weighted by atomic mass is 16.5. The SMILES string of the molecule is O=C1NCCC1CC1CCCO1. The van der Waals surface area contributed by atoms with Crippen LogP contribution in [0, 0.1) is 5.92 Å². The number of hydrogen-bond donors (Lipinski definition) is 1. The average Bonchev–Trinajstić information content (AvgIpc) is 2.65. The molecule has 2 heterocycles. The molecular weight excluding hydrogens is 154 g/mol. The normalized spacial score (nSPS) is 35.5. The van der Waals surface area contributed by atoms with Gasteiger partial charge in [-0.05, 0) is 25.7 Å². The smallest absolute Gasteiger partial charge is 0.223 e. The lowest BCUT2D eigenvalue weighted by molar-refractivity contribution is -0.123. The number of ether oxygens (including phenoxy) is 1. The highest BCUT2D eigenvalue weighted by Crippen LogP contribution is 2.23. The lowest BCUT2D eigenvalue weighted by Gasteiger charge is -2.12. The molecule has 1 amide bonds. The Labute approximate surface area is 72.5 Å². The third-order valence-electron chi connectivity index (χ3n) is 2.73. The molecule has 1 N–H and O–H groups in total. The molecule has 0 saturated carbocycles. The molecule has 2 fully saturated rings. The Bertz CT molecular complexity index is 175. The van der Waals surface area contributed by atoms with E-state index >= 15 is 0 Å². The third kappa shape index (κ3) is 1.61. The molecule has 68 valence electrons. The van der Waals surface area contributed by atoms with Crippen LogP contribution in [0.4, 0.5) is 0 Å². The maximum absolute atomic E-state index is 11.2. The molecule has 0 bridgehead atoms. The number of hydrogen-bond acceptors (Lipinski definition) is 2. The van der Waals surface area contributed by atoms with Gasteiger partial charge in [0.25, 0.3) is 0 Å². The summed E-state index contributed by atoms with van der Waals surface area (Å²) in [4.78, 5) is 11.2. The van der Waals surface area contributed by atoms with Gasteiger partial charge in [0.05, 0.1) is 6.10 Å². The van der Waals surface area contributed by atoms with Gasteiger partial charge in [0.2, 0.25) is 5.91 Å². The lowest BCUT2D eigenvalue weighted by Crippen LogP contribution is -2.22. The fraction of sp³-hybridized carbons (Fsp3) is 0.889. The molecule has 0 aromatic carbocycles. The van der Waals surface area contributed by atoms with Crippen LogP contribution in [0.5, 0.6) is 0 Å². The van der Waals surface area contributed by atoms with E-state index < -0.39 is 0 Å². The van der Waals surface area contributed by atoms with Crippen molar-refractivity contribution in [3.8, 4) is 0 Å². The number of nitrogens with one attached hydrogen (secondary N) is 1. The molecule has 2 unspecified atom stereocenters. The molecule has 0 aromatic rings. The summed E-state index contributed by atoms with van der Waals surface area (Å²) in [5, 5.41) is 2.85. The van der Waals surface area contributed by atoms with Crippen molar-refractivity contribution < 1.29 is 9.53 Å². The van der Waals surface area contributed by atoms with Crippen molar-refractivity contribution in [1.29, 1.82) is 0 Å². The largest absolute Gasteiger partial charge is 0.378 e. The second-order valence-electron chi connectivity index (χ2n) is 3.65. The summed E-state index contributed by atoms with van der Waals surface area (Å²) >= 11 is 0. The number of carbonyl (C=O) groups excluding carboxylic acids is 1. The molecule has 12 heavy (non-hydrogen) atoms. The van der Waals surface area contributed by atoms with E-state index in [4.69, 9.17) is 4.74 Å². The van der Waals surface area contributed by atoms with E-state index in [2.05, 4.69) is 5.32 Å². The van der Waals surface area contributed by atoms with Crippen molar-refractivity contribution in [1.82, 2.24) is 5.32 Å². The maximum atomic E-state index is 11.2. The second kappa shape index (κ2) is 3.44. The summed E-state index contributed by atoms with van der Waals surface area (Å²) in [6, 6.07) is 0. The van der Waals surface area contributed by atoms with E-state index in [0.717, 1.165) is 32.4 Å². The van der Waals surface area contributed by atoms with E-state index in [9.17, 15) is 4.79 Å². The summed E-state index contributed by atoms with van der Waals surface area (Å²) < 4.78 is 5.48. The van der Waals surface area contributed by atoms with Crippen molar-refractivity contribution in [2.45, 2.75) is 31.8 Å². The van der Waals surface area contributed by atoms with Crippen LogP contribution in [-0.4, -0.2) is 25.2 Å². The summed E-state index contributed by atoms with van der Waals surface area (Å²) in [6.07, 6.45) is 4.60. The predicted octanol–water partition coefficient (Wildman–Crippen LogP) is 0.692. The van der Waals surface area contributed by atoms with Crippen molar-refractivity contribution in [2.24, 2.45) is 5.92 Å². The first-order chi connectivity index (χ1) is 5.86. The zero-order chi connectivity index (χ0) is 8.39. The van der Waals surface area contributed by atoms with Crippen LogP contribution >= 0.6 is 0 Å². The molecule has 2 rings (SSSR count).